The lowest BCUT2D eigenvalue weighted by atomic mass is 10.1. The average Bonchev–Trinajstić information content (AvgIpc) is 2.74. The number of aromatic nitrogens is 2. The third-order valence-corrected chi connectivity index (χ3v) is 3.80. The minimum Gasteiger partial charge on any atom is -0.496 e. The van der Waals surface area contributed by atoms with E-state index >= 15 is 0 Å². The van der Waals surface area contributed by atoms with Crippen LogP contribution in [0.25, 0.3) is 0 Å². The van der Waals surface area contributed by atoms with Crippen LogP contribution in [0.2, 0.25) is 0 Å². The van der Waals surface area contributed by atoms with Crippen molar-refractivity contribution in [2.75, 3.05) is 12.9 Å². The monoisotopic (exact) mass is 276 g/mol. The number of ketones is 1. The van der Waals surface area contributed by atoms with E-state index in [1.807, 2.05) is 32.2 Å². The van der Waals surface area contributed by atoms with Gasteiger partial charge in [0.1, 0.15) is 5.75 Å². The highest BCUT2D eigenvalue weighted by Crippen LogP contribution is 2.23. The van der Waals surface area contributed by atoms with Crippen LogP contribution in [0.4, 0.5) is 0 Å². The maximum atomic E-state index is 12.2. The zero-order valence-corrected chi connectivity index (χ0v) is 12.0. The first-order valence-electron chi connectivity index (χ1n) is 5.91. The maximum Gasteiger partial charge on any atom is 0.176 e. The summed E-state index contributed by atoms with van der Waals surface area (Å²) >= 11 is 1.49. The average molecular weight is 276 g/mol. The molecule has 2 rings (SSSR count). The number of carbonyl (C=O) groups is 1. The molecule has 0 amide bonds. The van der Waals surface area contributed by atoms with E-state index < -0.39 is 0 Å². The zero-order valence-electron chi connectivity index (χ0n) is 11.2. The van der Waals surface area contributed by atoms with Gasteiger partial charge in [-0.25, -0.2) is 0 Å². The standard InChI is InChI=1S/C14H16N2O2S/c1-10-8-14(16(2)15-10)19-9-12(17)11-6-4-5-7-13(11)18-3/h4-8H,9H2,1-3H3. The van der Waals surface area contributed by atoms with Gasteiger partial charge in [-0.3, -0.25) is 9.48 Å². The summed E-state index contributed by atoms with van der Waals surface area (Å²) in [7, 11) is 3.45. The van der Waals surface area contributed by atoms with Crippen molar-refractivity contribution in [3.05, 3.63) is 41.6 Å². The van der Waals surface area contributed by atoms with E-state index in [9.17, 15) is 4.79 Å². The molecule has 4 nitrogen and oxygen atoms in total. The molecule has 0 atom stereocenters. The Morgan fingerprint density at radius 3 is 2.79 bits per heavy atom. The molecule has 0 saturated heterocycles. The molecule has 0 N–H and O–H groups in total. The first kappa shape index (κ1) is 13.7. The molecule has 0 aliphatic carbocycles. The van der Waals surface area contributed by atoms with Crippen molar-refractivity contribution < 1.29 is 9.53 Å². The molecule has 19 heavy (non-hydrogen) atoms. The molecule has 0 saturated carbocycles. The van der Waals surface area contributed by atoms with Gasteiger partial charge >= 0.3 is 0 Å². The number of nitrogens with zero attached hydrogens (tertiary/aromatic N) is 2. The third kappa shape index (κ3) is 3.17. The number of Topliss-reactive ketones (excluding diaryl/α,β-unsaturated/α-hetero) is 1. The van der Waals surface area contributed by atoms with Gasteiger partial charge in [-0.15, -0.1) is 0 Å². The second-order valence-corrected chi connectivity index (χ2v) is 5.16. The molecule has 0 aliphatic heterocycles. The summed E-state index contributed by atoms with van der Waals surface area (Å²) in [5.74, 6) is 1.05. The summed E-state index contributed by atoms with van der Waals surface area (Å²) in [4.78, 5) is 12.2. The lowest BCUT2D eigenvalue weighted by Crippen LogP contribution is -2.05. The second-order valence-electron chi connectivity index (χ2n) is 4.16. The molecule has 100 valence electrons. The Morgan fingerprint density at radius 1 is 1.42 bits per heavy atom. The van der Waals surface area contributed by atoms with E-state index in [1.165, 1.54) is 11.8 Å². The maximum absolute atomic E-state index is 12.2. The number of aryl methyl sites for hydroxylation is 2. The van der Waals surface area contributed by atoms with Gasteiger partial charge in [0, 0.05) is 7.05 Å². The smallest absolute Gasteiger partial charge is 0.176 e. The number of methoxy groups -OCH3 is 1. The molecule has 0 radical (unpaired) electrons. The van der Waals surface area contributed by atoms with Crippen molar-refractivity contribution in [1.82, 2.24) is 9.78 Å². The molecule has 0 fully saturated rings. The van der Waals surface area contributed by atoms with Gasteiger partial charge in [0.05, 0.1) is 29.1 Å². The van der Waals surface area contributed by atoms with Gasteiger partial charge in [0.2, 0.25) is 0 Å². The van der Waals surface area contributed by atoms with Gasteiger partial charge in [0.15, 0.2) is 5.78 Å². The summed E-state index contributed by atoms with van der Waals surface area (Å²) in [5.41, 5.74) is 1.58. The van der Waals surface area contributed by atoms with E-state index in [1.54, 1.807) is 23.9 Å². The Bertz CT molecular complexity index is 593. The molecule has 1 aromatic carbocycles. The van der Waals surface area contributed by atoms with E-state index in [4.69, 9.17) is 4.74 Å². The van der Waals surface area contributed by atoms with E-state index in [-0.39, 0.29) is 5.78 Å². The Kier molecular flexibility index (Phi) is 4.27. The molecule has 0 aliphatic rings. The highest BCUT2D eigenvalue weighted by Gasteiger charge is 2.13. The van der Waals surface area contributed by atoms with Gasteiger partial charge in [-0.2, -0.15) is 5.10 Å². The van der Waals surface area contributed by atoms with Crippen molar-refractivity contribution in [3.63, 3.8) is 0 Å². The van der Waals surface area contributed by atoms with E-state index in [2.05, 4.69) is 5.10 Å². The number of rotatable bonds is 5. The van der Waals surface area contributed by atoms with E-state index in [0.717, 1.165) is 10.7 Å². The lowest BCUT2D eigenvalue weighted by molar-refractivity contribution is 0.101. The number of hydrogen-bond donors (Lipinski definition) is 0. The zero-order chi connectivity index (χ0) is 13.8. The summed E-state index contributed by atoms with van der Waals surface area (Å²) in [6.07, 6.45) is 0. The minimum atomic E-state index is 0.0568. The lowest BCUT2D eigenvalue weighted by Gasteiger charge is -2.06. The van der Waals surface area contributed by atoms with Crippen molar-refractivity contribution in [3.8, 4) is 5.75 Å². The summed E-state index contributed by atoms with van der Waals surface area (Å²) in [6.45, 7) is 1.94. The molecule has 1 aromatic heterocycles. The number of benzene rings is 1. The molecule has 2 aromatic rings. The van der Waals surface area contributed by atoms with Crippen LogP contribution in [-0.2, 0) is 7.05 Å². The van der Waals surface area contributed by atoms with Crippen LogP contribution in [0.5, 0.6) is 5.75 Å². The summed E-state index contributed by atoms with van der Waals surface area (Å²) in [5, 5.41) is 5.24. The first-order valence-corrected chi connectivity index (χ1v) is 6.90. The number of para-hydroxylation sites is 1. The van der Waals surface area contributed by atoms with Crippen molar-refractivity contribution in [2.24, 2.45) is 7.05 Å². The predicted molar refractivity (Wildman–Crippen MR) is 76.0 cm³/mol. The van der Waals surface area contributed by atoms with E-state index in [0.29, 0.717) is 17.1 Å². The predicted octanol–water partition coefficient (Wildman–Crippen LogP) is 2.71. The summed E-state index contributed by atoms with van der Waals surface area (Å²) < 4.78 is 6.99. The molecule has 0 spiro atoms. The highest BCUT2D eigenvalue weighted by atomic mass is 32.2. The molecule has 0 unspecified atom stereocenters. The molecular weight excluding hydrogens is 260 g/mol. The Hall–Kier alpha value is -1.75. The van der Waals surface area contributed by atoms with Crippen LogP contribution in [0, 0.1) is 6.92 Å². The second kappa shape index (κ2) is 5.93. The molecule has 0 bridgehead atoms. The van der Waals surface area contributed by atoms with Crippen molar-refractivity contribution in [2.45, 2.75) is 11.9 Å². The van der Waals surface area contributed by atoms with Crippen LogP contribution < -0.4 is 4.74 Å². The number of hydrogen-bond acceptors (Lipinski definition) is 4. The van der Waals surface area contributed by atoms with Crippen LogP contribution >= 0.6 is 11.8 Å². The number of ether oxygens (including phenoxy) is 1. The van der Waals surface area contributed by atoms with Crippen LogP contribution in [0.1, 0.15) is 16.1 Å². The quantitative estimate of drug-likeness (QED) is 0.622. The van der Waals surface area contributed by atoms with Gasteiger partial charge in [-0.1, -0.05) is 23.9 Å². The molecular formula is C14H16N2O2S. The molecule has 5 heteroatoms. The number of carbonyl (C=O) groups excluding carboxylic acids is 1. The highest BCUT2D eigenvalue weighted by molar-refractivity contribution is 7.99. The normalized spacial score (nSPS) is 10.5. The topological polar surface area (TPSA) is 44.1 Å². The Balaban J connectivity index is 2.07. The largest absolute Gasteiger partial charge is 0.496 e. The fraction of sp³-hybridized carbons (Fsp3) is 0.286. The third-order valence-electron chi connectivity index (χ3n) is 2.72. The van der Waals surface area contributed by atoms with Gasteiger partial charge < -0.3 is 4.74 Å². The SMILES string of the molecule is COc1ccccc1C(=O)CSc1cc(C)nn1C. The van der Waals surface area contributed by atoms with Crippen molar-refractivity contribution in [1.29, 1.82) is 0 Å². The Labute approximate surface area is 116 Å². The number of thioether (sulfide) groups is 1. The fourth-order valence-corrected chi connectivity index (χ4v) is 2.73. The Morgan fingerprint density at radius 2 is 2.16 bits per heavy atom. The van der Waals surface area contributed by atoms with Crippen LogP contribution in [0.15, 0.2) is 35.4 Å². The van der Waals surface area contributed by atoms with Crippen LogP contribution in [0.3, 0.4) is 0 Å². The minimum absolute atomic E-state index is 0.0568. The van der Waals surface area contributed by atoms with Gasteiger partial charge in [-0.05, 0) is 25.1 Å². The van der Waals surface area contributed by atoms with Crippen molar-refractivity contribution >= 4 is 17.5 Å². The molecule has 1 heterocycles. The fourth-order valence-electron chi connectivity index (χ4n) is 1.81. The van der Waals surface area contributed by atoms with Crippen LogP contribution in [-0.4, -0.2) is 28.4 Å². The first-order chi connectivity index (χ1) is 9.11. The van der Waals surface area contributed by atoms with Gasteiger partial charge in [0.25, 0.3) is 0 Å². The summed E-state index contributed by atoms with van der Waals surface area (Å²) in [6, 6.07) is 9.25.